The minimum absolute atomic E-state index is 0.102. The molecule has 1 heterocycles. The highest BCUT2D eigenvalue weighted by molar-refractivity contribution is 6.39. The molecule has 134 valence electrons. The molecule has 0 radical (unpaired) electrons. The van der Waals surface area contributed by atoms with E-state index >= 15 is 0 Å². The maximum atomic E-state index is 12.0. The largest absolute Gasteiger partial charge is 0.573 e. The predicted octanol–water partition coefficient (Wildman–Crippen LogP) is 1.97. The van der Waals surface area contributed by atoms with Crippen LogP contribution in [0, 0.1) is 0 Å². The van der Waals surface area contributed by atoms with Crippen LogP contribution in [0.4, 0.5) is 18.9 Å². The van der Waals surface area contributed by atoms with E-state index < -0.39 is 30.0 Å². The van der Waals surface area contributed by atoms with Crippen LogP contribution >= 0.6 is 0 Å². The highest BCUT2D eigenvalue weighted by Gasteiger charge is 2.31. The van der Waals surface area contributed by atoms with Gasteiger partial charge in [-0.1, -0.05) is 0 Å². The van der Waals surface area contributed by atoms with E-state index in [1.807, 2.05) is 0 Å². The van der Waals surface area contributed by atoms with E-state index in [0.717, 1.165) is 24.3 Å². The van der Waals surface area contributed by atoms with Crippen molar-refractivity contribution in [3.63, 3.8) is 0 Å². The predicted molar refractivity (Wildman–Crippen MR) is 78.4 cm³/mol. The lowest BCUT2D eigenvalue weighted by atomic mass is 10.2. The first-order valence-corrected chi connectivity index (χ1v) is 6.90. The van der Waals surface area contributed by atoms with Gasteiger partial charge in [-0.3, -0.25) is 9.59 Å². The molecule has 0 unspecified atom stereocenters. The molecule has 3 N–H and O–H groups in total. The highest BCUT2D eigenvalue weighted by atomic mass is 19.4. The molecule has 0 fully saturated rings. The molecule has 10 heteroatoms. The number of aliphatic hydroxyl groups excluding tert-OH is 1. The molecule has 0 bridgehead atoms. The number of anilines is 1. The number of rotatable bonds is 5. The van der Waals surface area contributed by atoms with Gasteiger partial charge in [0.25, 0.3) is 0 Å². The zero-order chi connectivity index (χ0) is 18.4. The zero-order valence-corrected chi connectivity index (χ0v) is 12.5. The summed E-state index contributed by atoms with van der Waals surface area (Å²) in [5.74, 6) is -2.51. The van der Waals surface area contributed by atoms with E-state index in [1.165, 1.54) is 18.6 Å². The van der Waals surface area contributed by atoms with E-state index in [1.54, 1.807) is 0 Å². The molecule has 0 aliphatic rings. The summed E-state index contributed by atoms with van der Waals surface area (Å²) in [4.78, 5) is 23.3. The fourth-order valence-corrected chi connectivity index (χ4v) is 1.78. The Balaban J connectivity index is 1.83. The van der Waals surface area contributed by atoms with Gasteiger partial charge in [-0.2, -0.15) is 0 Å². The van der Waals surface area contributed by atoms with Crippen LogP contribution in [0.2, 0.25) is 0 Å². The average Bonchev–Trinajstić information content (AvgIpc) is 3.07. The van der Waals surface area contributed by atoms with Crippen LogP contribution in [0.1, 0.15) is 11.7 Å². The van der Waals surface area contributed by atoms with Gasteiger partial charge < -0.3 is 24.9 Å². The fraction of sp³-hybridized carbons (Fsp3) is 0.200. The topological polar surface area (TPSA) is 101 Å². The number of hydrogen-bond donors (Lipinski definition) is 3. The Kier molecular flexibility index (Phi) is 5.65. The van der Waals surface area contributed by atoms with Crippen LogP contribution in [-0.2, 0) is 9.59 Å². The lowest BCUT2D eigenvalue weighted by molar-refractivity contribution is -0.274. The van der Waals surface area contributed by atoms with E-state index in [4.69, 9.17) is 4.42 Å². The summed E-state index contributed by atoms with van der Waals surface area (Å²) in [5.41, 5.74) is 0.533. The molecule has 7 nitrogen and oxygen atoms in total. The van der Waals surface area contributed by atoms with Crippen molar-refractivity contribution >= 4 is 17.5 Å². The third-order valence-electron chi connectivity index (χ3n) is 2.94. The van der Waals surface area contributed by atoms with Crippen molar-refractivity contribution in [2.24, 2.45) is 0 Å². The van der Waals surface area contributed by atoms with Crippen LogP contribution in [0.15, 0.2) is 47.3 Å². The quantitative estimate of drug-likeness (QED) is 0.710. The normalized spacial score (nSPS) is 12.3. The SMILES string of the molecule is O=C(NC[C@H](O)c1ccoc1)C(=O)Nc1ccc(OC(F)(F)F)cc1. The molecule has 0 aliphatic heterocycles. The Morgan fingerprint density at radius 1 is 1.16 bits per heavy atom. The van der Waals surface area contributed by atoms with E-state index in [9.17, 15) is 27.9 Å². The molecule has 2 rings (SSSR count). The molecule has 2 amide bonds. The van der Waals surface area contributed by atoms with Crippen molar-refractivity contribution in [2.45, 2.75) is 12.5 Å². The first kappa shape index (κ1) is 18.3. The van der Waals surface area contributed by atoms with Gasteiger partial charge in [0.2, 0.25) is 0 Å². The minimum atomic E-state index is -4.82. The van der Waals surface area contributed by atoms with Gasteiger partial charge in [0.05, 0.1) is 18.6 Å². The second kappa shape index (κ2) is 7.71. The van der Waals surface area contributed by atoms with Gasteiger partial charge >= 0.3 is 18.2 Å². The summed E-state index contributed by atoms with van der Waals surface area (Å²) in [7, 11) is 0. The van der Waals surface area contributed by atoms with Crippen LogP contribution in [0.25, 0.3) is 0 Å². The Labute approximate surface area is 139 Å². The third-order valence-corrected chi connectivity index (χ3v) is 2.94. The highest BCUT2D eigenvalue weighted by Crippen LogP contribution is 2.23. The van der Waals surface area contributed by atoms with E-state index in [0.29, 0.717) is 5.56 Å². The summed E-state index contributed by atoms with van der Waals surface area (Å²) in [6, 6.07) is 5.77. The first-order chi connectivity index (χ1) is 11.7. The standard InChI is InChI=1S/C15H13F3N2O5/c16-15(17,18)25-11-3-1-10(2-4-11)20-14(23)13(22)19-7-12(21)9-5-6-24-8-9/h1-6,8,12,21H,7H2,(H,19,22)(H,20,23)/t12-/m0/s1. The minimum Gasteiger partial charge on any atom is -0.472 e. The van der Waals surface area contributed by atoms with Gasteiger partial charge in [0.15, 0.2) is 0 Å². The molecular formula is C15H13F3N2O5. The van der Waals surface area contributed by atoms with Gasteiger partial charge in [0.1, 0.15) is 5.75 Å². The molecule has 1 aromatic carbocycles. The summed E-state index contributed by atoms with van der Waals surface area (Å²) in [6.07, 6.45) is -3.23. The third kappa shape index (κ3) is 5.84. The molecule has 0 saturated carbocycles. The van der Waals surface area contributed by atoms with Crippen LogP contribution < -0.4 is 15.4 Å². The number of nitrogens with one attached hydrogen (secondary N) is 2. The van der Waals surface area contributed by atoms with Crippen LogP contribution in [0.5, 0.6) is 5.75 Å². The number of ether oxygens (including phenoxy) is 1. The van der Waals surface area contributed by atoms with Gasteiger partial charge in [-0.15, -0.1) is 13.2 Å². The smallest absolute Gasteiger partial charge is 0.472 e. The first-order valence-electron chi connectivity index (χ1n) is 6.90. The van der Waals surface area contributed by atoms with E-state index in [2.05, 4.69) is 15.4 Å². The Morgan fingerprint density at radius 3 is 2.40 bits per heavy atom. The van der Waals surface area contributed by atoms with Crippen molar-refractivity contribution in [2.75, 3.05) is 11.9 Å². The number of carbonyl (C=O) groups excluding carboxylic acids is 2. The van der Waals surface area contributed by atoms with Gasteiger partial charge in [0, 0.05) is 17.8 Å². The molecule has 1 aromatic heterocycles. The second-order valence-electron chi connectivity index (χ2n) is 4.81. The van der Waals surface area contributed by atoms with Crippen LogP contribution in [0.3, 0.4) is 0 Å². The Bertz CT molecular complexity index is 714. The Hall–Kier alpha value is -3.01. The van der Waals surface area contributed by atoms with Gasteiger partial charge in [-0.25, -0.2) is 0 Å². The summed E-state index contributed by atoms with van der Waals surface area (Å²) in [6.45, 7) is -0.218. The number of carbonyl (C=O) groups is 2. The number of amides is 2. The molecular weight excluding hydrogens is 345 g/mol. The molecule has 25 heavy (non-hydrogen) atoms. The molecule has 2 aromatic rings. The van der Waals surface area contributed by atoms with Crippen molar-refractivity contribution in [3.8, 4) is 5.75 Å². The van der Waals surface area contributed by atoms with E-state index in [-0.39, 0.29) is 12.2 Å². The maximum Gasteiger partial charge on any atom is 0.573 e. The zero-order valence-electron chi connectivity index (χ0n) is 12.5. The molecule has 0 aliphatic carbocycles. The molecule has 0 saturated heterocycles. The lowest BCUT2D eigenvalue weighted by Crippen LogP contribution is -2.37. The number of hydrogen-bond acceptors (Lipinski definition) is 5. The summed E-state index contributed by atoms with van der Waals surface area (Å²) in [5, 5.41) is 14.2. The van der Waals surface area contributed by atoms with Crippen molar-refractivity contribution in [1.82, 2.24) is 5.32 Å². The monoisotopic (exact) mass is 358 g/mol. The number of furan rings is 1. The number of alkyl halides is 3. The van der Waals surface area contributed by atoms with Gasteiger partial charge in [-0.05, 0) is 30.3 Å². The number of benzene rings is 1. The summed E-state index contributed by atoms with van der Waals surface area (Å²) >= 11 is 0. The molecule has 0 spiro atoms. The number of aliphatic hydroxyl groups is 1. The van der Waals surface area contributed by atoms with Crippen molar-refractivity contribution in [1.29, 1.82) is 0 Å². The van der Waals surface area contributed by atoms with Crippen LogP contribution in [-0.4, -0.2) is 29.8 Å². The fourth-order valence-electron chi connectivity index (χ4n) is 1.78. The van der Waals surface area contributed by atoms with Crippen molar-refractivity contribution < 1.29 is 37.0 Å². The molecule has 1 atom stereocenters. The average molecular weight is 358 g/mol. The Morgan fingerprint density at radius 2 is 1.84 bits per heavy atom. The second-order valence-corrected chi connectivity index (χ2v) is 4.81. The summed E-state index contributed by atoms with van der Waals surface area (Å²) < 4.78 is 44.6. The lowest BCUT2D eigenvalue weighted by Gasteiger charge is -2.11. The maximum absolute atomic E-state index is 12.0. The van der Waals surface area contributed by atoms with Crippen molar-refractivity contribution in [3.05, 3.63) is 48.4 Å². The number of halogens is 3.